The van der Waals surface area contributed by atoms with Gasteiger partial charge in [-0.25, -0.2) is 4.68 Å². The lowest BCUT2D eigenvalue weighted by molar-refractivity contribution is 0.718. The molecular weight excluding hydrogens is 180 g/mol. The van der Waals surface area contributed by atoms with Gasteiger partial charge in [0.15, 0.2) is 5.69 Å². The monoisotopic (exact) mass is 186 g/mol. The van der Waals surface area contributed by atoms with Gasteiger partial charge in [0.1, 0.15) is 17.5 Å². The van der Waals surface area contributed by atoms with Crippen LogP contribution in [0.25, 0.3) is 11.4 Å². The lowest BCUT2D eigenvalue weighted by Crippen LogP contribution is -1.97. The third kappa shape index (κ3) is 1.31. The third-order valence-corrected chi connectivity index (χ3v) is 1.76. The van der Waals surface area contributed by atoms with Crippen LogP contribution in [0.4, 0.5) is 0 Å². The minimum Gasteiger partial charge on any atom is -0.246 e. The van der Waals surface area contributed by atoms with Crippen molar-refractivity contribution in [1.82, 2.24) is 25.2 Å². The van der Waals surface area contributed by atoms with Crippen molar-refractivity contribution in [2.75, 3.05) is 0 Å². The minimum atomic E-state index is 0.295. The highest BCUT2D eigenvalue weighted by molar-refractivity contribution is 5.52. The third-order valence-electron chi connectivity index (χ3n) is 1.76. The van der Waals surface area contributed by atoms with Crippen molar-refractivity contribution >= 4 is 0 Å². The number of hydrogen-bond donors (Lipinski definition) is 0. The fraction of sp³-hybridized carbons (Fsp3) is 0.125. The summed E-state index contributed by atoms with van der Waals surface area (Å²) >= 11 is 0. The molecule has 2 rings (SSSR count). The van der Waals surface area contributed by atoms with Crippen LogP contribution in [-0.2, 0) is 7.05 Å². The summed E-state index contributed by atoms with van der Waals surface area (Å²) in [7, 11) is 1.77. The van der Waals surface area contributed by atoms with Gasteiger partial charge in [0.25, 0.3) is 0 Å². The molecule has 0 radical (unpaired) electrons. The molecule has 0 unspecified atom stereocenters. The highest BCUT2D eigenvalue weighted by atomic mass is 15.4. The summed E-state index contributed by atoms with van der Waals surface area (Å²) in [5.41, 5.74) is 1.71. The van der Waals surface area contributed by atoms with Crippen molar-refractivity contribution in [1.29, 1.82) is 5.26 Å². The first-order valence-electron chi connectivity index (χ1n) is 3.90. The van der Waals surface area contributed by atoms with Crippen LogP contribution in [0.15, 0.2) is 18.3 Å². The molecule has 0 N–H and O–H groups in total. The molecule has 0 bridgehead atoms. The summed E-state index contributed by atoms with van der Waals surface area (Å²) in [4.78, 5) is 0. The normalized spacial score (nSPS) is 9.71. The van der Waals surface area contributed by atoms with Gasteiger partial charge in [0.2, 0.25) is 0 Å². The van der Waals surface area contributed by atoms with E-state index in [1.54, 1.807) is 30.1 Å². The van der Waals surface area contributed by atoms with E-state index in [0.29, 0.717) is 11.4 Å². The Morgan fingerprint density at radius 3 is 2.71 bits per heavy atom. The topological polar surface area (TPSA) is 80.3 Å². The molecule has 0 aliphatic rings. The van der Waals surface area contributed by atoms with E-state index in [1.165, 1.54) is 0 Å². The Balaban J connectivity index is 2.45. The largest absolute Gasteiger partial charge is 0.246 e. The van der Waals surface area contributed by atoms with E-state index in [9.17, 15) is 0 Å². The van der Waals surface area contributed by atoms with E-state index < -0.39 is 0 Å². The van der Waals surface area contributed by atoms with Crippen LogP contribution in [0, 0.1) is 11.3 Å². The second-order valence-corrected chi connectivity index (χ2v) is 2.66. The zero-order valence-electron chi connectivity index (χ0n) is 7.42. The van der Waals surface area contributed by atoms with E-state index in [0.717, 1.165) is 5.69 Å². The van der Waals surface area contributed by atoms with Gasteiger partial charge in [-0.1, -0.05) is 5.21 Å². The molecule has 0 aliphatic heterocycles. The van der Waals surface area contributed by atoms with Gasteiger partial charge < -0.3 is 0 Å². The van der Waals surface area contributed by atoms with E-state index in [-0.39, 0.29) is 0 Å². The second kappa shape index (κ2) is 3.22. The Hall–Kier alpha value is -2.29. The van der Waals surface area contributed by atoms with Crippen molar-refractivity contribution in [3.8, 4) is 17.5 Å². The highest BCUT2D eigenvalue weighted by Crippen LogP contribution is 2.12. The fourth-order valence-corrected chi connectivity index (χ4v) is 1.05. The van der Waals surface area contributed by atoms with Gasteiger partial charge in [0, 0.05) is 7.05 Å². The molecule has 2 aromatic rings. The number of hydrogen-bond acceptors (Lipinski definition) is 5. The van der Waals surface area contributed by atoms with Crippen LogP contribution in [0.2, 0.25) is 0 Å². The van der Waals surface area contributed by atoms with Crippen molar-refractivity contribution in [3.05, 3.63) is 24.0 Å². The maximum Gasteiger partial charge on any atom is 0.163 e. The molecule has 0 saturated heterocycles. The van der Waals surface area contributed by atoms with Crippen LogP contribution >= 0.6 is 0 Å². The first-order valence-corrected chi connectivity index (χ1v) is 3.90. The lowest BCUT2D eigenvalue weighted by Gasteiger charge is -1.97. The molecule has 6 nitrogen and oxygen atoms in total. The quantitative estimate of drug-likeness (QED) is 0.633. The lowest BCUT2D eigenvalue weighted by atomic mass is 10.3. The van der Waals surface area contributed by atoms with Crippen molar-refractivity contribution in [2.24, 2.45) is 7.05 Å². The predicted molar refractivity (Wildman–Crippen MR) is 46.7 cm³/mol. The van der Waals surface area contributed by atoms with Gasteiger partial charge in [-0.2, -0.15) is 5.26 Å². The summed E-state index contributed by atoms with van der Waals surface area (Å²) in [5, 5.41) is 23.6. The zero-order chi connectivity index (χ0) is 9.97. The van der Waals surface area contributed by atoms with Gasteiger partial charge in [0.05, 0.1) is 6.20 Å². The Morgan fingerprint density at radius 2 is 2.21 bits per heavy atom. The van der Waals surface area contributed by atoms with Crippen LogP contribution in [0.3, 0.4) is 0 Å². The molecule has 6 heteroatoms. The molecule has 0 spiro atoms. The molecule has 2 aromatic heterocycles. The maximum atomic E-state index is 8.53. The number of nitrogens with zero attached hydrogens (tertiary/aromatic N) is 6. The van der Waals surface area contributed by atoms with Gasteiger partial charge >= 0.3 is 0 Å². The van der Waals surface area contributed by atoms with Gasteiger partial charge in [-0.15, -0.1) is 15.3 Å². The zero-order valence-corrected chi connectivity index (χ0v) is 7.42. The van der Waals surface area contributed by atoms with Crippen molar-refractivity contribution in [3.63, 3.8) is 0 Å². The van der Waals surface area contributed by atoms with Crippen molar-refractivity contribution < 1.29 is 0 Å². The first kappa shape index (κ1) is 8.31. The van der Waals surface area contributed by atoms with Crippen LogP contribution in [0.5, 0.6) is 0 Å². The Labute approximate surface area is 79.8 Å². The van der Waals surface area contributed by atoms with Crippen LogP contribution in [-0.4, -0.2) is 25.2 Å². The van der Waals surface area contributed by atoms with Crippen molar-refractivity contribution in [2.45, 2.75) is 0 Å². The van der Waals surface area contributed by atoms with Crippen LogP contribution < -0.4 is 0 Å². The predicted octanol–water partition coefficient (Wildman–Crippen LogP) is 0.144. The summed E-state index contributed by atoms with van der Waals surface area (Å²) in [6.45, 7) is 0. The fourth-order valence-electron chi connectivity index (χ4n) is 1.05. The summed E-state index contributed by atoms with van der Waals surface area (Å²) in [6.07, 6.45) is 1.59. The van der Waals surface area contributed by atoms with E-state index >= 15 is 0 Å². The van der Waals surface area contributed by atoms with Gasteiger partial charge in [-0.05, 0) is 12.1 Å². The summed E-state index contributed by atoms with van der Waals surface area (Å²) < 4.78 is 1.59. The molecule has 0 atom stereocenters. The molecule has 14 heavy (non-hydrogen) atoms. The van der Waals surface area contributed by atoms with E-state index in [4.69, 9.17) is 5.26 Å². The van der Waals surface area contributed by atoms with E-state index in [2.05, 4.69) is 20.5 Å². The number of aryl methyl sites for hydroxylation is 1. The molecular formula is C8H6N6. The first-order chi connectivity index (χ1) is 6.81. The highest BCUT2D eigenvalue weighted by Gasteiger charge is 2.05. The standard InChI is InChI=1S/C8H6N6/c1-14-8(5-10-13-14)7-3-2-6(4-9)11-12-7/h2-3,5H,1H3. The second-order valence-electron chi connectivity index (χ2n) is 2.66. The number of nitriles is 1. The molecule has 0 fully saturated rings. The average Bonchev–Trinajstić information content (AvgIpc) is 2.65. The molecule has 2 heterocycles. The molecule has 0 amide bonds. The van der Waals surface area contributed by atoms with Crippen LogP contribution in [0.1, 0.15) is 5.69 Å². The Morgan fingerprint density at radius 1 is 1.36 bits per heavy atom. The average molecular weight is 186 g/mol. The summed E-state index contributed by atoms with van der Waals surface area (Å²) in [6, 6.07) is 5.22. The summed E-state index contributed by atoms with van der Waals surface area (Å²) in [5.74, 6) is 0. The Bertz CT molecular complexity index is 477. The smallest absolute Gasteiger partial charge is 0.163 e. The SMILES string of the molecule is Cn1nncc1-c1ccc(C#N)nn1. The molecule has 0 saturated carbocycles. The minimum absolute atomic E-state index is 0.295. The Kier molecular flexibility index (Phi) is 1.91. The molecule has 68 valence electrons. The van der Waals surface area contributed by atoms with E-state index in [1.807, 2.05) is 6.07 Å². The maximum absolute atomic E-state index is 8.53. The number of rotatable bonds is 1. The van der Waals surface area contributed by atoms with Gasteiger partial charge in [-0.3, -0.25) is 0 Å². The molecule has 0 aliphatic carbocycles. The molecule has 0 aromatic carbocycles. The number of aromatic nitrogens is 5.